The number of halogens is 1. The third kappa shape index (κ3) is 3.36. The van der Waals surface area contributed by atoms with Gasteiger partial charge >= 0.3 is 0 Å². The lowest BCUT2D eigenvalue weighted by Gasteiger charge is -2.28. The van der Waals surface area contributed by atoms with Crippen LogP contribution >= 0.6 is 15.9 Å². The van der Waals surface area contributed by atoms with Gasteiger partial charge in [0.05, 0.1) is 0 Å². The summed E-state index contributed by atoms with van der Waals surface area (Å²) in [5.41, 5.74) is 3.46. The lowest BCUT2D eigenvalue weighted by atomic mass is 9.83. The minimum Gasteiger partial charge on any atom is -0.310 e. The molecule has 0 heterocycles. The maximum atomic E-state index is 3.73. The van der Waals surface area contributed by atoms with E-state index in [0.29, 0.717) is 11.5 Å². The third-order valence-corrected chi connectivity index (χ3v) is 4.45. The first-order chi connectivity index (χ1) is 8.52. The van der Waals surface area contributed by atoms with Gasteiger partial charge in [0.15, 0.2) is 0 Å². The van der Waals surface area contributed by atoms with Crippen LogP contribution in [-0.4, -0.2) is 6.54 Å². The number of hydrogen-bond acceptors (Lipinski definition) is 1. The average Bonchev–Trinajstić information content (AvgIpc) is 2.44. The zero-order valence-corrected chi connectivity index (χ0v) is 13.3. The molecule has 1 nitrogen and oxygen atoms in total. The van der Waals surface area contributed by atoms with Crippen molar-refractivity contribution in [2.75, 3.05) is 6.54 Å². The fourth-order valence-corrected chi connectivity index (χ4v) is 3.23. The predicted octanol–water partition coefficient (Wildman–Crippen LogP) is 4.85. The minimum absolute atomic E-state index is 0.427. The van der Waals surface area contributed by atoms with Crippen LogP contribution in [-0.2, 0) is 6.42 Å². The van der Waals surface area contributed by atoms with Gasteiger partial charge in [-0.15, -0.1) is 0 Å². The first-order valence-corrected chi connectivity index (χ1v) is 7.83. The van der Waals surface area contributed by atoms with Crippen molar-refractivity contribution < 1.29 is 0 Å². The molecule has 100 valence electrons. The highest BCUT2D eigenvalue weighted by Gasteiger charge is 2.29. The quantitative estimate of drug-likeness (QED) is 0.787. The molecule has 1 unspecified atom stereocenters. The summed E-state index contributed by atoms with van der Waals surface area (Å²) < 4.78 is 1.20. The number of fused-ring (bicyclic) bond motifs is 1. The Hall–Kier alpha value is -0.340. The highest BCUT2D eigenvalue weighted by Crippen LogP contribution is 2.40. The largest absolute Gasteiger partial charge is 0.310 e. The molecule has 1 aliphatic rings. The molecule has 1 aromatic rings. The second-order valence-corrected chi connectivity index (χ2v) is 7.13. The normalized spacial score (nSPS) is 22.3. The molecule has 0 aromatic heterocycles. The summed E-state index contributed by atoms with van der Waals surface area (Å²) in [6, 6.07) is 7.29. The Labute approximate surface area is 119 Å². The fourth-order valence-electron chi connectivity index (χ4n) is 2.86. The van der Waals surface area contributed by atoms with Crippen molar-refractivity contribution in [3.8, 4) is 0 Å². The molecule has 2 heteroatoms. The molecule has 0 saturated heterocycles. The van der Waals surface area contributed by atoms with E-state index in [4.69, 9.17) is 0 Å². The third-order valence-electron chi connectivity index (χ3n) is 3.95. The van der Waals surface area contributed by atoms with Crippen LogP contribution in [0.5, 0.6) is 0 Å². The van der Waals surface area contributed by atoms with Crippen LogP contribution in [0.3, 0.4) is 0 Å². The van der Waals surface area contributed by atoms with Crippen molar-refractivity contribution in [3.05, 3.63) is 33.8 Å². The number of aryl methyl sites for hydroxylation is 1. The second kappa shape index (κ2) is 5.75. The fraction of sp³-hybridized carbons (Fsp3) is 0.625. The van der Waals surface area contributed by atoms with E-state index in [1.54, 1.807) is 0 Å². The summed E-state index contributed by atoms with van der Waals surface area (Å²) in [6.45, 7) is 8.13. The topological polar surface area (TPSA) is 12.0 Å². The average molecular weight is 310 g/mol. The molecule has 0 saturated carbocycles. The molecule has 0 bridgehead atoms. The van der Waals surface area contributed by atoms with E-state index in [0.717, 1.165) is 6.54 Å². The molecule has 1 N–H and O–H groups in total. The Kier molecular flexibility index (Phi) is 4.50. The van der Waals surface area contributed by atoms with E-state index < -0.39 is 0 Å². The SMILES string of the molecule is CCCNC1CC(C)(C)CCc2ccc(Br)cc21. The molecular weight excluding hydrogens is 286 g/mol. The summed E-state index contributed by atoms with van der Waals surface area (Å²) in [5, 5.41) is 3.73. The number of nitrogens with one attached hydrogen (secondary N) is 1. The Morgan fingerprint density at radius 2 is 2.17 bits per heavy atom. The molecule has 0 spiro atoms. The molecule has 0 fully saturated rings. The molecular formula is C16H24BrN. The molecule has 1 aliphatic carbocycles. The van der Waals surface area contributed by atoms with Crippen LogP contribution in [0.1, 0.15) is 57.2 Å². The molecule has 0 amide bonds. The van der Waals surface area contributed by atoms with Gasteiger partial charge in [-0.1, -0.05) is 42.8 Å². The number of rotatable bonds is 3. The smallest absolute Gasteiger partial charge is 0.0328 e. The van der Waals surface area contributed by atoms with Crippen LogP contribution in [0.15, 0.2) is 22.7 Å². The molecule has 0 radical (unpaired) electrons. The predicted molar refractivity (Wildman–Crippen MR) is 81.9 cm³/mol. The Morgan fingerprint density at radius 3 is 2.89 bits per heavy atom. The molecule has 2 rings (SSSR count). The lowest BCUT2D eigenvalue weighted by molar-refractivity contribution is 0.273. The minimum atomic E-state index is 0.427. The van der Waals surface area contributed by atoms with Crippen molar-refractivity contribution in [3.63, 3.8) is 0 Å². The second-order valence-electron chi connectivity index (χ2n) is 6.22. The molecule has 1 aromatic carbocycles. The highest BCUT2D eigenvalue weighted by molar-refractivity contribution is 9.10. The summed E-state index contributed by atoms with van der Waals surface area (Å²) in [4.78, 5) is 0. The van der Waals surface area contributed by atoms with Crippen LogP contribution in [0.25, 0.3) is 0 Å². The first kappa shape index (κ1) is 14.1. The van der Waals surface area contributed by atoms with Crippen molar-refractivity contribution in [1.29, 1.82) is 0 Å². The van der Waals surface area contributed by atoms with Gasteiger partial charge in [-0.05, 0) is 60.9 Å². The van der Waals surface area contributed by atoms with E-state index in [-0.39, 0.29) is 0 Å². The molecule has 1 atom stereocenters. The zero-order chi connectivity index (χ0) is 13.2. The van der Waals surface area contributed by atoms with Gasteiger partial charge in [0.25, 0.3) is 0 Å². The number of hydrogen-bond donors (Lipinski definition) is 1. The van der Waals surface area contributed by atoms with Gasteiger partial charge in [0, 0.05) is 10.5 Å². The Bertz CT molecular complexity index is 412. The van der Waals surface area contributed by atoms with Gasteiger partial charge in [0.1, 0.15) is 0 Å². The van der Waals surface area contributed by atoms with Crippen molar-refractivity contribution in [2.24, 2.45) is 5.41 Å². The van der Waals surface area contributed by atoms with Gasteiger partial charge in [-0.2, -0.15) is 0 Å². The van der Waals surface area contributed by atoms with Crippen LogP contribution < -0.4 is 5.32 Å². The van der Waals surface area contributed by atoms with Gasteiger partial charge in [-0.3, -0.25) is 0 Å². The summed E-state index contributed by atoms with van der Waals surface area (Å²) in [5.74, 6) is 0. The molecule has 18 heavy (non-hydrogen) atoms. The Morgan fingerprint density at radius 1 is 1.39 bits per heavy atom. The van der Waals surface area contributed by atoms with Crippen molar-refractivity contribution in [2.45, 2.75) is 52.5 Å². The van der Waals surface area contributed by atoms with E-state index >= 15 is 0 Å². The van der Waals surface area contributed by atoms with Crippen molar-refractivity contribution in [1.82, 2.24) is 5.32 Å². The summed E-state index contributed by atoms with van der Waals surface area (Å²) in [7, 11) is 0. The van der Waals surface area contributed by atoms with E-state index in [1.807, 2.05) is 0 Å². The van der Waals surface area contributed by atoms with Crippen LogP contribution in [0, 0.1) is 5.41 Å². The van der Waals surface area contributed by atoms with E-state index in [9.17, 15) is 0 Å². The summed E-state index contributed by atoms with van der Waals surface area (Å²) >= 11 is 3.61. The van der Waals surface area contributed by atoms with E-state index in [2.05, 4.69) is 60.2 Å². The Balaban J connectivity index is 2.32. The van der Waals surface area contributed by atoms with E-state index in [1.165, 1.54) is 41.3 Å². The lowest BCUT2D eigenvalue weighted by Crippen LogP contribution is -2.26. The van der Waals surface area contributed by atoms with Gasteiger partial charge in [-0.25, -0.2) is 0 Å². The molecule has 0 aliphatic heterocycles. The summed E-state index contributed by atoms with van der Waals surface area (Å²) in [6.07, 6.45) is 4.92. The van der Waals surface area contributed by atoms with Gasteiger partial charge < -0.3 is 5.32 Å². The standard InChI is InChI=1S/C16H24BrN/c1-4-9-18-15-11-16(2,3)8-7-12-5-6-13(17)10-14(12)15/h5-6,10,15,18H,4,7-9,11H2,1-3H3. The number of benzene rings is 1. The van der Waals surface area contributed by atoms with Crippen molar-refractivity contribution >= 4 is 15.9 Å². The zero-order valence-electron chi connectivity index (χ0n) is 11.7. The maximum Gasteiger partial charge on any atom is 0.0328 e. The maximum absolute atomic E-state index is 3.73. The first-order valence-electron chi connectivity index (χ1n) is 7.03. The van der Waals surface area contributed by atoms with Crippen LogP contribution in [0.2, 0.25) is 0 Å². The van der Waals surface area contributed by atoms with Gasteiger partial charge in [0.2, 0.25) is 0 Å². The monoisotopic (exact) mass is 309 g/mol. The van der Waals surface area contributed by atoms with Crippen LogP contribution in [0.4, 0.5) is 0 Å². The highest BCUT2D eigenvalue weighted by atomic mass is 79.9.